The summed E-state index contributed by atoms with van der Waals surface area (Å²) in [6.45, 7) is 1.62. The van der Waals surface area contributed by atoms with E-state index in [9.17, 15) is 19.7 Å². The number of hydrogen-bond acceptors (Lipinski definition) is 5. The van der Waals surface area contributed by atoms with Crippen molar-refractivity contribution >= 4 is 34.7 Å². The van der Waals surface area contributed by atoms with Gasteiger partial charge in [-0.15, -0.1) is 0 Å². The number of benzene rings is 2. The zero-order chi connectivity index (χ0) is 19.4. The van der Waals surface area contributed by atoms with E-state index in [1.165, 1.54) is 12.1 Å². The molecule has 0 radical (unpaired) electrons. The number of primary amides is 1. The highest BCUT2D eigenvalue weighted by atomic mass is 16.6. The molecule has 27 heavy (non-hydrogen) atoms. The average molecular weight is 369 g/mol. The topological polar surface area (TPSA) is 131 Å². The molecule has 0 spiro atoms. The summed E-state index contributed by atoms with van der Waals surface area (Å²) in [5, 5.41) is 16.3. The Morgan fingerprint density at radius 2 is 1.59 bits per heavy atom. The molecule has 4 N–H and O–H groups in total. The number of non-ortho nitro benzene ring substituents is 1. The van der Waals surface area contributed by atoms with Gasteiger partial charge >= 0.3 is 6.03 Å². The number of urea groups is 1. The van der Waals surface area contributed by atoms with Gasteiger partial charge in [0.1, 0.15) is 0 Å². The maximum absolute atomic E-state index is 12.8. The van der Waals surface area contributed by atoms with Crippen LogP contribution >= 0.6 is 0 Å². The molecule has 3 amide bonds. The summed E-state index contributed by atoms with van der Waals surface area (Å²) < 4.78 is 0. The molecule has 0 saturated carbocycles. The van der Waals surface area contributed by atoms with Gasteiger partial charge in [-0.05, 0) is 43.2 Å². The van der Waals surface area contributed by atoms with Crippen LogP contribution in [0.2, 0.25) is 0 Å². The van der Waals surface area contributed by atoms with Crippen molar-refractivity contribution < 1.29 is 14.5 Å². The minimum Gasteiger partial charge on any atom is -0.371 e. The molecule has 0 bridgehead atoms. The number of rotatable bonds is 5. The van der Waals surface area contributed by atoms with Crippen molar-refractivity contribution in [3.8, 4) is 0 Å². The fourth-order valence-electron chi connectivity index (χ4n) is 3.03. The maximum Gasteiger partial charge on any atom is 0.316 e. The molecular formula is C18H19N5O4. The summed E-state index contributed by atoms with van der Waals surface area (Å²) in [4.78, 5) is 36.3. The van der Waals surface area contributed by atoms with E-state index in [2.05, 4.69) is 15.5 Å². The van der Waals surface area contributed by atoms with Gasteiger partial charge in [0, 0.05) is 36.6 Å². The predicted octanol–water partition coefficient (Wildman–Crippen LogP) is 2.94. The molecule has 2 aromatic carbocycles. The number of nitro benzene ring substituents is 1. The predicted molar refractivity (Wildman–Crippen MR) is 102 cm³/mol. The number of nitrogens with one attached hydrogen (secondary N) is 2. The SMILES string of the molecule is NC(=O)Nc1ccc(NC(=O)c2cc([N+](=O)[O-])ccc2N2CCCC2)cc1. The van der Waals surface area contributed by atoms with Crippen molar-refractivity contribution in [2.75, 3.05) is 28.6 Å². The number of hydrogen-bond donors (Lipinski definition) is 3. The van der Waals surface area contributed by atoms with Crippen LogP contribution in [0.25, 0.3) is 0 Å². The lowest BCUT2D eigenvalue weighted by Crippen LogP contribution is -2.23. The minimum atomic E-state index is -0.682. The monoisotopic (exact) mass is 369 g/mol. The second-order valence-corrected chi connectivity index (χ2v) is 6.17. The molecule has 1 heterocycles. The summed E-state index contributed by atoms with van der Waals surface area (Å²) in [7, 11) is 0. The molecule has 9 heteroatoms. The first-order chi connectivity index (χ1) is 12.9. The van der Waals surface area contributed by atoms with E-state index in [4.69, 9.17) is 5.73 Å². The third-order valence-electron chi connectivity index (χ3n) is 4.29. The van der Waals surface area contributed by atoms with Crippen LogP contribution in [-0.4, -0.2) is 30.0 Å². The molecule has 1 aliphatic heterocycles. The number of nitro groups is 1. The second-order valence-electron chi connectivity index (χ2n) is 6.17. The van der Waals surface area contributed by atoms with Gasteiger partial charge in [0.05, 0.1) is 16.2 Å². The van der Waals surface area contributed by atoms with E-state index < -0.39 is 16.9 Å². The Morgan fingerprint density at radius 1 is 1.00 bits per heavy atom. The van der Waals surface area contributed by atoms with Crippen molar-refractivity contribution in [3.63, 3.8) is 0 Å². The van der Waals surface area contributed by atoms with Crippen LogP contribution in [0.15, 0.2) is 42.5 Å². The normalized spacial score (nSPS) is 13.3. The van der Waals surface area contributed by atoms with Gasteiger partial charge in [0.15, 0.2) is 0 Å². The lowest BCUT2D eigenvalue weighted by Gasteiger charge is -2.21. The van der Waals surface area contributed by atoms with Gasteiger partial charge in [-0.1, -0.05) is 0 Å². The van der Waals surface area contributed by atoms with E-state index >= 15 is 0 Å². The van der Waals surface area contributed by atoms with Crippen LogP contribution in [0.3, 0.4) is 0 Å². The summed E-state index contributed by atoms with van der Waals surface area (Å²) in [5.41, 5.74) is 6.85. The maximum atomic E-state index is 12.8. The number of carbonyl (C=O) groups is 2. The number of carbonyl (C=O) groups excluding carboxylic acids is 2. The van der Waals surface area contributed by atoms with Gasteiger partial charge in [-0.3, -0.25) is 14.9 Å². The van der Waals surface area contributed by atoms with E-state index in [0.717, 1.165) is 25.9 Å². The smallest absolute Gasteiger partial charge is 0.316 e. The van der Waals surface area contributed by atoms with Crippen molar-refractivity contribution in [1.82, 2.24) is 0 Å². The zero-order valence-corrected chi connectivity index (χ0v) is 14.5. The van der Waals surface area contributed by atoms with Gasteiger partial charge in [0.2, 0.25) is 0 Å². The van der Waals surface area contributed by atoms with Crippen LogP contribution in [0.5, 0.6) is 0 Å². The van der Waals surface area contributed by atoms with E-state index in [-0.39, 0.29) is 11.3 Å². The van der Waals surface area contributed by atoms with Gasteiger partial charge in [-0.2, -0.15) is 0 Å². The van der Waals surface area contributed by atoms with Crippen LogP contribution in [0.1, 0.15) is 23.2 Å². The number of anilines is 3. The quantitative estimate of drug-likeness (QED) is 0.551. The highest BCUT2D eigenvalue weighted by Gasteiger charge is 2.22. The Balaban J connectivity index is 1.84. The summed E-state index contributed by atoms with van der Waals surface area (Å²) in [5.74, 6) is -0.434. The summed E-state index contributed by atoms with van der Waals surface area (Å²) in [6, 6.07) is 10.0. The molecule has 1 aliphatic rings. The summed E-state index contributed by atoms with van der Waals surface area (Å²) >= 11 is 0. The lowest BCUT2D eigenvalue weighted by atomic mass is 10.1. The molecule has 1 fully saturated rings. The van der Waals surface area contributed by atoms with Crippen LogP contribution in [0.4, 0.5) is 27.5 Å². The molecule has 140 valence electrons. The van der Waals surface area contributed by atoms with Gasteiger partial charge in [-0.25, -0.2) is 4.79 Å². The van der Waals surface area contributed by atoms with Crippen LogP contribution < -0.4 is 21.3 Å². The number of nitrogens with zero attached hydrogens (tertiary/aromatic N) is 2. The van der Waals surface area contributed by atoms with Crippen molar-refractivity contribution in [2.24, 2.45) is 5.73 Å². The van der Waals surface area contributed by atoms with E-state index in [1.54, 1.807) is 30.3 Å². The standard InChI is InChI=1S/C18H19N5O4/c19-18(25)21-13-5-3-12(4-6-13)20-17(24)15-11-14(23(26)27)7-8-16(15)22-9-1-2-10-22/h3-8,11H,1-2,9-10H2,(H,20,24)(H3,19,21,25). The second kappa shape index (κ2) is 7.73. The summed E-state index contributed by atoms with van der Waals surface area (Å²) in [6.07, 6.45) is 2.04. The molecule has 3 rings (SSSR count). The van der Waals surface area contributed by atoms with Crippen LogP contribution in [-0.2, 0) is 0 Å². The molecule has 2 aromatic rings. The molecule has 1 saturated heterocycles. The molecule has 0 atom stereocenters. The van der Waals surface area contributed by atoms with Crippen molar-refractivity contribution in [3.05, 3.63) is 58.1 Å². The highest BCUT2D eigenvalue weighted by Crippen LogP contribution is 2.29. The third-order valence-corrected chi connectivity index (χ3v) is 4.29. The molecule has 0 aliphatic carbocycles. The Bertz CT molecular complexity index is 876. The lowest BCUT2D eigenvalue weighted by molar-refractivity contribution is -0.384. The average Bonchev–Trinajstić information content (AvgIpc) is 3.17. The first-order valence-corrected chi connectivity index (χ1v) is 8.45. The Labute approximate surface area is 155 Å². The van der Waals surface area contributed by atoms with E-state index in [0.29, 0.717) is 17.1 Å². The molecule has 9 nitrogen and oxygen atoms in total. The first-order valence-electron chi connectivity index (χ1n) is 8.45. The largest absolute Gasteiger partial charge is 0.371 e. The zero-order valence-electron chi connectivity index (χ0n) is 14.5. The third kappa shape index (κ3) is 4.32. The number of nitrogens with two attached hydrogens (primary N) is 1. The van der Waals surface area contributed by atoms with E-state index in [1.807, 2.05) is 0 Å². The first kappa shape index (κ1) is 18.2. The van der Waals surface area contributed by atoms with Gasteiger partial charge < -0.3 is 21.3 Å². The van der Waals surface area contributed by atoms with Gasteiger partial charge in [0.25, 0.3) is 11.6 Å². The Kier molecular flexibility index (Phi) is 5.20. The fraction of sp³-hybridized carbons (Fsp3) is 0.222. The Morgan fingerprint density at radius 3 is 2.15 bits per heavy atom. The molecule has 0 unspecified atom stereocenters. The van der Waals surface area contributed by atoms with Crippen LogP contribution in [0, 0.1) is 10.1 Å². The number of amides is 3. The molecular weight excluding hydrogens is 350 g/mol. The van der Waals surface area contributed by atoms with Crippen molar-refractivity contribution in [2.45, 2.75) is 12.8 Å². The highest BCUT2D eigenvalue weighted by molar-refractivity contribution is 6.08. The minimum absolute atomic E-state index is 0.135. The molecule has 0 aromatic heterocycles. The van der Waals surface area contributed by atoms with Crippen molar-refractivity contribution in [1.29, 1.82) is 0 Å². The Hall–Kier alpha value is -3.62. The fourth-order valence-corrected chi connectivity index (χ4v) is 3.03.